The van der Waals surface area contributed by atoms with Crippen molar-refractivity contribution in [1.29, 1.82) is 0 Å². The van der Waals surface area contributed by atoms with Crippen molar-refractivity contribution in [3.05, 3.63) is 57.5 Å². The number of hydrogen-bond acceptors (Lipinski definition) is 5. The van der Waals surface area contributed by atoms with Gasteiger partial charge in [0.05, 0.1) is 28.8 Å². The Morgan fingerprint density at radius 2 is 2.07 bits per heavy atom. The molecule has 1 fully saturated rings. The maximum Gasteiger partial charge on any atom is 0.264 e. The molecule has 0 saturated carbocycles. The third kappa shape index (κ3) is 5.14. The molecule has 1 atom stereocenters. The van der Waals surface area contributed by atoms with E-state index in [0.29, 0.717) is 26.6 Å². The van der Waals surface area contributed by atoms with Gasteiger partial charge in [-0.1, -0.05) is 36.7 Å². The molecule has 1 N–H and O–H groups in total. The first kappa shape index (κ1) is 21.3. The van der Waals surface area contributed by atoms with Gasteiger partial charge in [0.2, 0.25) is 0 Å². The van der Waals surface area contributed by atoms with Crippen LogP contribution in [-0.2, 0) is 4.79 Å². The van der Waals surface area contributed by atoms with E-state index in [1.807, 2.05) is 45.0 Å². The number of ether oxygens (including phenoxy) is 2. The fourth-order valence-corrected chi connectivity index (χ4v) is 3.75. The standard InChI is InChI=1S/C22H23ClN2O3S/c1-5-14(3)28-20-16(23)10-15(11-18(20)27-4)12-19-21(26)25-22(29-19)24-17-9-7-6-8-13(17)2/h6-12,14H,5H2,1-4H3,(H,24,25,26)/b19-12-/t14-/m0/s1. The first-order valence-electron chi connectivity index (χ1n) is 9.30. The molecule has 3 rings (SSSR count). The van der Waals surface area contributed by atoms with Crippen LogP contribution in [0.4, 0.5) is 5.69 Å². The smallest absolute Gasteiger partial charge is 0.264 e. The van der Waals surface area contributed by atoms with Crippen molar-refractivity contribution >= 4 is 46.2 Å². The highest BCUT2D eigenvalue weighted by atomic mass is 35.5. The summed E-state index contributed by atoms with van der Waals surface area (Å²) in [5.74, 6) is 0.843. The van der Waals surface area contributed by atoms with Crippen molar-refractivity contribution in [2.24, 2.45) is 4.99 Å². The van der Waals surface area contributed by atoms with E-state index in [9.17, 15) is 4.79 Å². The van der Waals surface area contributed by atoms with Gasteiger partial charge in [0, 0.05) is 0 Å². The minimum atomic E-state index is -0.197. The monoisotopic (exact) mass is 430 g/mol. The van der Waals surface area contributed by atoms with Crippen molar-refractivity contribution < 1.29 is 14.3 Å². The van der Waals surface area contributed by atoms with Crippen LogP contribution in [0.2, 0.25) is 5.02 Å². The van der Waals surface area contributed by atoms with Gasteiger partial charge in [-0.3, -0.25) is 4.79 Å². The van der Waals surface area contributed by atoms with Crippen LogP contribution in [0, 0.1) is 6.92 Å². The van der Waals surface area contributed by atoms with Gasteiger partial charge < -0.3 is 14.8 Å². The predicted molar refractivity (Wildman–Crippen MR) is 120 cm³/mol. The summed E-state index contributed by atoms with van der Waals surface area (Å²) >= 11 is 7.71. The molecule has 1 aliphatic heterocycles. The number of thioether (sulfide) groups is 1. The lowest BCUT2D eigenvalue weighted by atomic mass is 10.1. The Balaban J connectivity index is 1.87. The number of amidine groups is 1. The highest BCUT2D eigenvalue weighted by Gasteiger charge is 2.24. The van der Waals surface area contributed by atoms with Crippen molar-refractivity contribution in [2.45, 2.75) is 33.3 Å². The lowest BCUT2D eigenvalue weighted by Crippen LogP contribution is -2.19. The Morgan fingerprint density at radius 3 is 2.76 bits per heavy atom. The topological polar surface area (TPSA) is 59.9 Å². The number of carbonyl (C=O) groups excluding carboxylic acids is 1. The normalized spacial score (nSPS) is 17.5. The predicted octanol–water partition coefficient (Wildman–Crippen LogP) is 5.73. The number of amides is 1. The van der Waals surface area contributed by atoms with Gasteiger partial charge in [0.15, 0.2) is 16.7 Å². The second-order valence-corrected chi connectivity index (χ2v) is 8.08. The van der Waals surface area contributed by atoms with Crippen LogP contribution in [0.5, 0.6) is 11.5 Å². The molecule has 0 radical (unpaired) electrons. The highest BCUT2D eigenvalue weighted by molar-refractivity contribution is 8.18. The van der Waals surface area contributed by atoms with Crippen LogP contribution in [0.3, 0.4) is 0 Å². The number of carbonyl (C=O) groups is 1. The second kappa shape index (κ2) is 9.37. The van der Waals surface area contributed by atoms with Gasteiger partial charge in [0.25, 0.3) is 5.91 Å². The molecule has 1 heterocycles. The quantitative estimate of drug-likeness (QED) is 0.595. The average molecular weight is 431 g/mol. The average Bonchev–Trinajstić information content (AvgIpc) is 3.04. The number of rotatable bonds is 6. The van der Waals surface area contributed by atoms with E-state index in [-0.39, 0.29) is 12.0 Å². The van der Waals surface area contributed by atoms with Crippen LogP contribution in [0.25, 0.3) is 6.08 Å². The van der Waals surface area contributed by atoms with Crippen molar-refractivity contribution in [3.63, 3.8) is 0 Å². The Kier molecular flexibility index (Phi) is 6.87. The molecule has 0 aliphatic carbocycles. The molecule has 7 heteroatoms. The lowest BCUT2D eigenvalue weighted by molar-refractivity contribution is -0.115. The van der Waals surface area contributed by atoms with Crippen LogP contribution in [0.1, 0.15) is 31.4 Å². The molecule has 1 amide bonds. The first-order chi connectivity index (χ1) is 13.9. The molecule has 2 aromatic carbocycles. The largest absolute Gasteiger partial charge is 0.493 e. The summed E-state index contributed by atoms with van der Waals surface area (Å²) in [6.07, 6.45) is 2.63. The molecule has 0 unspecified atom stereocenters. The maximum absolute atomic E-state index is 12.4. The van der Waals surface area contributed by atoms with E-state index in [0.717, 1.165) is 23.2 Å². The van der Waals surface area contributed by atoms with Crippen molar-refractivity contribution in [1.82, 2.24) is 5.32 Å². The molecule has 1 saturated heterocycles. The minimum absolute atomic E-state index is 0.0157. The van der Waals surface area contributed by atoms with Crippen LogP contribution >= 0.6 is 23.4 Å². The van der Waals surface area contributed by atoms with E-state index < -0.39 is 0 Å². The van der Waals surface area contributed by atoms with Gasteiger partial charge >= 0.3 is 0 Å². The fraction of sp³-hybridized carbons (Fsp3) is 0.273. The number of aryl methyl sites for hydroxylation is 1. The number of para-hydroxylation sites is 1. The summed E-state index contributed by atoms with van der Waals surface area (Å²) in [6.45, 7) is 5.99. The summed E-state index contributed by atoms with van der Waals surface area (Å²) < 4.78 is 11.3. The third-order valence-corrected chi connectivity index (χ3v) is 5.62. The van der Waals surface area contributed by atoms with Crippen LogP contribution < -0.4 is 14.8 Å². The number of hydrogen-bond donors (Lipinski definition) is 1. The maximum atomic E-state index is 12.4. The molecule has 152 valence electrons. The van der Waals surface area contributed by atoms with Crippen molar-refractivity contribution in [3.8, 4) is 11.5 Å². The number of aliphatic imine (C=N–C) groups is 1. The molecule has 29 heavy (non-hydrogen) atoms. The molecule has 1 aliphatic rings. The third-order valence-electron chi connectivity index (χ3n) is 4.43. The van der Waals surface area contributed by atoms with Gasteiger partial charge in [-0.15, -0.1) is 0 Å². The Hall–Kier alpha value is -2.44. The summed E-state index contributed by atoms with van der Waals surface area (Å²) in [4.78, 5) is 17.5. The lowest BCUT2D eigenvalue weighted by Gasteiger charge is -2.17. The zero-order chi connectivity index (χ0) is 21.0. The Bertz CT molecular complexity index is 988. The number of benzene rings is 2. The number of nitrogens with zero attached hydrogens (tertiary/aromatic N) is 1. The summed E-state index contributed by atoms with van der Waals surface area (Å²) in [6, 6.07) is 11.3. The SMILES string of the molecule is CC[C@H](C)Oc1c(Cl)cc(/C=C2\SC(=Nc3ccccc3C)NC2=O)cc1OC. The highest BCUT2D eigenvalue weighted by Crippen LogP contribution is 2.39. The van der Waals surface area contributed by atoms with Gasteiger partial charge in [-0.2, -0.15) is 0 Å². The van der Waals surface area contributed by atoms with Gasteiger partial charge in [-0.05, 0) is 67.4 Å². The molecule has 0 spiro atoms. The second-order valence-electron chi connectivity index (χ2n) is 6.64. The molecule has 5 nitrogen and oxygen atoms in total. The number of methoxy groups -OCH3 is 1. The zero-order valence-electron chi connectivity index (χ0n) is 16.8. The van der Waals surface area contributed by atoms with Crippen LogP contribution in [-0.4, -0.2) is 24.3 Å². The van der Waals surface area contributed by atoms with E-state index in [1.165, 1.54) is 11.8 Å². The Labute approximate surface area is 180 Å². The van der Waals surface area contributed by atoms with E-state index >= 15 is 0 Å². The van der Waals surface area contributed by atoms with E-state index in [4.69, 9.17) is 21.1 Å². The van der Waals surface area contributed by atoms with Gasteiger partial charge in [0.1, 0.15) is 0 Å². The number of nitrogens with one attached hydrogen (secondary N) is 1. The van der Waals surface area contributed by atoms with Crippen molar-refractivity contribution in [2.75, 3.05) is 7.11 Å². The minimum Gasteiger partial charge on any atom is -0.493 e. The summed E-state index contributed by atoms with van der Waals surface area (Å²) in [5.41, 5.74) is 2.62. The molecule has 0 bridgehead atoms. The van der Waals surface area contributed by atoms with Crippen LogP contribution in [0.15, 0.2) is 46.3 Å². The van der Waals surface area contributed by atoms with E-state index in [1.54, 1.807) is 25.3 Å². The molecular weight excluding hydrogens is 408 g/mol. The molecular formula is C22H23ClN2O3S. The first-order valence-corrected chi connectivity index (χ1v) is 10.5. The fourth-order valence-electron chi connectivity index (χ4n) is 2.65. The zero-order valence-corrected chi connectivity index (χ0v) is 18.4. The summed E-state index contributed by atoms with van der Waals surface area (Å²) in [7, 11) is 1.57. The number of halogens is 1. The molecule has 0 aromatic heterocycles. The van der Waals surface area contributed by atoms with E-state index in [2.05, 4.69) is 10.3 Å². The summed E-state index contributed by atoms with van der Waals surface area (Å²) in [5, 5.41) is 3.79. The van der Waals surface area contributed by atoms with Gasteiger partial charge in [-0.25, -0.2) is 4.99 Å². The molecule has 2 aromatic rings. The Morgan fingerprint density at radius 1 is 1.31 bits per heavy atom.